The lowest BCUT2D eigenvalue weighted by Crippen LogP contribution is -2.48. The minimum Gasteiger partial charge on any atom is -0.399 e. The van der Waals surface area contributed by atoms with E-state index in [1.807, 2.05) is 17.0 Å². The van der Waals surface area contributed by atoms with Crippen LogP contribution in [-0.4, -0.2) is 55.3 Å². The lowest BCUT2D eigenvalue weighted by atomic mass is 10.0. The predicted octanol–water partition coefficient (Wildman–Crippen LogP) is 5.66. The number of pyridine rings is 1. The Balaban J connectivity index is 1.17. The van der Waals surface area contributed by atoms with Crippen LogP contribution in [-0.2, 0) is 16.6 Å². The van der Waals surface area contributed by atoms with E-state index in [9.17, 15) is 22.0 Å². The highest BCUT2D eigenvalue weighted by atomic mass is 32.2. The van der Waals surface area contributed by atoms with Gasteiger partial charge in [0.15, 0.2) is 0 Å². The van der Waals surface area contributed by atoms with Crippen LogP contribution in [0.25, 0.3) is 22.0 Å². The van der Waals surface area contributed by atoms with E-state index in [1.54, 1.807) is 30.5 Å². The summed E-state index contributed by atoms with van der Waals surface area (Å²) in [6.07, 6.45) is 1.62. The first-order valence-electron chi connectivity index (χ1n) is 14.1. The van der Waals surface area contributed by atoms with Crippen molar-refractivity contribution in [2.45, 2.75) is 11.4 Å². The summed E-state index contributed by atoms with van der Waals surface area (Å²) >= 11 is 0. The number of hydrogen-bond donors (Lipinski definition) is 2. The third kappa shape index (κ3) is 6.47. The van der Waals surface area contributed by atoms with Crippen LogP contribution in [0.15, 0.2) is 96.0 Å². The van der Waals surface area contributed by atoms with Crippen LogP contribution < -0.4 is 10.5 Å². The molecule has 0 radical (unpaired) electrons. The molecule has 6 rings (SSSR count). The Labute approximate surface area is 258 Å². The number of halogens is 3. The van der Waals surface area contributed by atoms with Gasteiger partial charge in [0, 0.05) is 67.2 Å². The van der Waals surface area contributed by atoms with Gasteiger partial charge in [0.25, 0.3) is 15.9 Å². The summed E-state index contributed by atoms with van der Waals surface area (Å²) in [5, 5.41) is 0.819. The topological polar surface area (TPSA) is 109 Å². The van der Waals surface area contributed by atoms with Crippen LogP contribution in [0.4, 0.5) is 24.5 Å². The third-order valence-corrected chi connectivity index (χ3v) is 9.10. The summed E-state index contributed by atoms with van der Waals surface area (Å²) in [7, 11) is -4.23. The maximum Gasteiger partial charge on any atom is 0.262 e. The third-order valence-electron chi connectivity index (χ3n) is 7.66. The highest BCUT2D eigenvalue weighted by molar-refractivity contribution is 7.92. The quantitative estimate of drug-likeness (QED) is 0.225. The summed E-state index contributed by atoms with van der Waals surface area (Å²) in [5.41, 5.74) is 8.11. The first-order chi connectivity index (χ1) is 21.6. The number of para-hydroxylation sites is 1. The fourth-order valence-corrected chi connectivity index (χ4v) is 6.77. The second-order valence-corrected chi connectivity index (χ2v) is 12.4. The van der Waals surface area contributed by atoms with Gasteiger partial charge in [-0.1, -0.05) is 24.3 Å². The number of anilines is 2. The van der Waals surface area contributed by atoms with Gasteiger partial charge in [0.05, 0.1) is 21.7 Å². The van der Waals surface area contributed by atoms with E-state index in [-0.39, 0.29) is 29.2 Å². The number of fused-ring (bicyclic) bond motifs is 1. The number of amides is 1. The number of nitrogens with two attached hydrogens (primary N) is 1. The smallest absolute Gasteiger partial charge is 0.262 e. The molecular formula is C33H28F3N5O3S. The van der Waals surface area contributed by atoms with Crippen molar-refractivity contribution in [1.29, 1.82) is 0 Å². The van der Waals surface area contributed by atoms with Gasteiger partial charge in [-0.2, -0.15) is 0 Å². The fraction of sp³-hybridized carbons (Fsp3) is 0.152. The molecule has 45 heavy (non-hydrogen) atoms. The molecule has 0 aliphatic carbocycles. The average molecular weight is 632 g/mol. The van der Waals surface area contributed by atoms with Crippen molar-refractivity contribution in [3.8, 4) is 11.1 Å². The number of hydrogen-bond acceptors (Lipinski definition) is 6. The number of sulfonamides is 1. The molecule has 4 aromatic carbocycles. The standard InChI is InChI=1S/C33H28F3N5O3S/c34-23-15-21(16-24(35)17-23)20-40-11-13-41(14-12-40)33(42)28-8-7-26(19-30(28)36)39-45(43,44)31-9-6-25(37)18-29(31)27-5-1-3-22-4-2-10-38-32(22)27/h1-10,15-19,39H,11-14,20,37H2. The van der Waals surface area contributed by atoms with Gasteiger partial charge >= 0.3 is 0 Å². The zero-order valence-corrected chi connectivity index (χ0v) is 24.7. The molecule has 0 unspecified atom stereocenters. The van der Waals surface area contributed by atoms with Crippen molar-refractivity contribution in [1.82, 2.24) is 14.8 Å². The Bertz CT molecular complexity index is 2010. The van der Waals surface area contributed by atoms with E-state index in [0.717, 1.165) is 17.5 Å². The molecule has 1 saturated heterocycles. The zero-order valence-electron chi connectivity index (χ0n) is 23.9. The highest BCUT2D eigenvalue weighted by Gasteiger charge is 2.26. The molecule has 1 fully saturated rings. The number of rotatable bonds is 7. The second-order valence-electron chi connectivity index (χ2n) is 10.8. The Morgan fingerprint density at radius 3 is 2.31 bits per heavy atom. The average Bonchev–Trinajstić information content (AvgIpc) is 3.00. The maximum atomic E-state index is 15.3. The van der Waals surface area contributed by atoms with Gasteiger partial charge in [-0.25, -0.2) is 21.6 Å². The normalized spacial score (nSPS) is 14.1. The van der Waals surface area contributed by atoms with Crippen LogP contribution in [0, 0.1) is 17.5 Å². The zero-order chi connectivity index (χ0) is 31.7. The number of piperazine rings is 1. The van der Waals surface area contributed by atoms with E-state index in [4.69, 9.17) is 5.73 Å². The van der Waals surface area contributed by atoms with Crippen molar-refractivity contribution in [2.24, 2.45) is 0 Å². The predicted molar refractivity (Wildman–Crippen MR) is 166 cm³/mol. The molecule has 2 heterocycles. The van der Waals surface area contributed by atoms with Gasteiger partial charge in [-0.3, -0.25) is 19.4 Å². The Morgan fingerprint density at radius 2 is 1.58 bits per heavy atom. The van der Waals surface area contributed by atoms with Crippen LogP contribution in [0.5, 0.6) is 0 Å². The number of benzene rings is 4. The van der Waals surface area contributed by atoms with Crippen molar-refractivity contribution >= 4 is 38.2 Å². The Morgan fingerprint density at radius 1 is 0.844 bits per heavy atom. The summed E-state index contributed by atoms with van der Waals surface area (Å²) in [6.45, 7) is 1.74. The molecule has 0 saturated carbocycles. The molecular weight excluding hydrogens is 603 g/mol. The molecule has 1 amide bonds. The number of nitrogens with one attached hydrogen (secondary N) is 1. The molecule has 0 bridgehead atoms. The number of nitrogen functional groups attached to an aromatic ring is 1. The number of nitrogens with zero attached hydrogens (tertiary/aromatic N) is 3. The van der Waals surface area contributed by atoms with Gasteiger partial charge in [0.2, 0.25) is 0 Å². The second kappa shape index (κ2) is 12.2. The molecule has 3 N–H and O–H groups in total. The van der Waals surface area contributed by atoms with Gasteiger partial charge < -0.3 is 10.6 Å². The van der Waals surface area contributed by atoms with E-state index in [1.165, 1.54) is 41.3 Å². The molecule has 0 spiro atoms. The maximum absolute atomic E-state index is 15.3. The van der Waals surface area contributed by atoms with Crippen LogP contribution in [0.2, 0.25) is 0 Å². The van der Waals surface area contributed by atoms with E-state index < -0.39 is 33.4 Å². The lowest BCUT2D eigenvalue weighted by Gasteiger charge is -2.34. The molecule has 5 aromatic rings. The van der Waals surface area contributed by atoms with Gasteiger partial charge in [-0.15, -0.1) is 0 Å². The molecule has 12 heteroatoms. The fourth-order valence-electron chi connectivity index (χ4n) is 5.52. The molecule has 1 aromatic heterocycles. The largest absolute Gasteiger partial charge is 0.399 e. The molecule has 8 nitrogen and oxygen atoms in total. The van der Waals surface area contributed by atoms with Crippen molar-refractivity contribution in [2.75, 3.05) is 36.6 Å². The summed E-state index contributed by atoms with van der Waals surface area (Å²) in [4.78, 5) is 20.9. The summed E-state index contributed by atoms with van der Waals surface area (Å²) in [5.74, 6) is -2.73. The first-order valence-corrected chi connectivity index (χ1v) is 15.6. The van der Waals surface area contributed by atoms with E-state index >= 15 is 4.39 Å². The van der Waals surface area contributed by atoms with Crippen molar-refractivity contribution < 1.29 is 26.4 Å². The SMILES string of the molecule is Nc1ccc(S(=O)(=O)Nc2ccc(C(=O)N3CCN(Cc4cc(F)cc(F)c4)CC3)c(F)c2)c(-c2cccc3cccnc23)c1. The number of carbonyl (C=O) groups is 1. The molecule has 230 valence electrons. The minimum absolute atomic E-state index is 0.0602. The van der Waals surface area contributed by atoms with Crippen molar-refractivity contribution in [3.05, 3.63) is 120 Å². The van der Waals surface area contributed by atoms with Crippen LogP contribution >= 0.6 is 0 Å². The monoisotopic (exact) mass is 631 g/mol. The minimum atomic E-state index is -4.23. The summed E-state index contributed by atoms with van der Waals surface area (Å²) < 4.78 is 72.0. The van der Waals surface area contributed by atoms with Crippen LogP contribution in [0.3, 0.4) is 0 Å². The number of aromatic nitrogens is 1. The van der Waals surface area contributed by atoms with E-state index in [0.29, 0.717) is 47.5 Å². The highest BCUT2D eigenvalue weighted by Crippen LogP contribution is 2.34. The number of carbonyl (C=O) groups excluding carboxylic acids is 1. The van der Waals surface area contributed by atoms with Crippen molar-refractivity contribution in [3.63, 3.8) is 0 Å². The Kier molecular flexibility index (Phi) is 8.17. The van der Waals surface area contributed by atoms with Gasteiger partial charge in [-0.05, 0) is 60.2 Å². The van der Waals surface area contributed by atoms with Crippen LogP contribution in [0.1, 0.15) is 15.9 Å². The first kappa shape index (κ1) is 30.1. The summed E-state index contributed by atoms with van der Waals surface area (Å²) in [6, 6.07) is 20.4. The lowest BCUT2D eigenvalue weighted by molar-refractivity contribution is 0.0624. The van der Waals surface area contributed by atoms with E-state index in [2.05, 4.69) is 9.71 Å². The molecule has 0 atom stereocenters. The Hall–Kier alpha value is -4.94. The van der Waals surface area contributed by atoms with Gasteiger partial charge in [0.1, 0.15) is 17.5 Å². The molecule has 1 aliphatic rings. The molecule has 1 aliphatic heterocycles.